The summed E-state index contributed by atoms with van der Waals surface area (Å²) in [6.07, 6.45) is 3.06. The van der Waals surface area contributed by atoms with Gasteiger partial charge in [0.1, 0.15) is 5.82 Å². The van der Waals surface area contributed by atoms with Crippen LogP contribution in [0, 0.1) is 5.82 Å². The van der Waals surface area contributed by atoms with Crippen molar-refractivity contribution < 1.29 is 14.3 Å². The number of rotatable bonds is 3. The average molecular weight is 232 g/mol. The first kappa shape index (κ1) is 11.1. The fourth-order valence-corrected chi connectivity index (χ4v) is 1.41. The van der Waals surface area contributed by atoms with Crippen LogP contribution in [0.5, 0.6) is 0 Å². The van der Waals surface area contributed by atoms with Gasteiger partial charge in [-0.2, -0.15) is 0 Å². The van der Waals surface area contributed by atoms with Gasteiger partial charge >= 0.3 is 5.97 Å². The first-order chi connectivity index (χ1) is 8.18. The number of pyridine rings is 1. The van der Waals surface area contributed by atoms with Gasteiger partial charge in [0.15, 0.2) is 0 Å². The van der Waals surface area contributed by atoms with E-state index in [0.29, 0.717) is 5.69 Å². The van der Waals surface area contributed by atoms with Gasteiger partial charge in [-0.25, -0.2) is 9.18 Å². The van der Waals surface area contributed by atoms with Crippen LogP contribution in [0.4, 0.5) is 15.8 Å². The molecule has 0 aliphatic heterocycles. The number of carboxylic acids is 1. The highest BCUT2D eigenvalue weighted by Gasteiger charge is 2.13. The monoisotopic (exact) mass is 232 g/mol. The van der Waals surface area contributed by atoms with E-state index in [1.165, 1.54) is 30.6 Å². The Kier molecular flexibility index (Phi) is 3.00. The molecule has 1 heterocycles. The predicted octanol–water partition coefficient (Wildman–Crippen LogP) is 2.66. The van der Waals surface area contributed by atoms with Crippen molar-refractivity contribution in [3.8, 4) is 0 Å². The molecule has 17 heavy (non-hydrogen) atoms. The van der Waals surface area contributed by atoms with Crippen molar-refractivity contribution in [2.75, 3.05) is 5.32 Å². The molecule has 2 rings (SSSR count). The minimum Gasteiger partial charge on any atom is -0.478 e. The Bertz CT molecular complexity index is 543. The van der Waals surface area contributed by atoms with Crippen LogP contribution in [0.25, 0.3) is 0 Å². The average Bonchev–Trinajstić information content (AvgIpc) is 2.33. The summed E-state index contributed by atoms with van der Waals surface area (Å²) in [6, 6.07) is 7.15. The van der Waals surface area contributed by atoms with Crippen molar-refractivity contribution in [1.29, 1.82) is 0 Å². The summed E-state index contributed by atoms with van der Waals surface area (Å²) >= 11 is 0. The summed E-state index contributed by atoms with van der Waals surface area (Å²) in [7, 11) is 0. The highest BCUT2D eigenvalue weighted by Crippen LogP contribution is 2.23. The predicted molar refractivity (Wildman–Crippen MR) is 60.9 cm³/mol. The lowest BCUT2D eigenvalue weighted by Crippen LogP contribution is -2.04. The Balaban J connectivity index is 2.41. The van der Waals surface area contributed by atoms with E-state index in [1.54, 1.807) is 12.1 Å². The number of para-hydroxylation sites is 1. The normalized spacial score (nSPS) is 9.94. The third-order valence-corrected chi connectivity index (χ3v) is 2.19. The number of nitrogens with zero attached hydrogens (tertiary/aromatic N) is 1. The number of nitrogens with one attached hydrogen (secondary N) is 1. The van der Waals surface area contributed by atoms with Crippen LogP contribution >= 0.6 is 0 Å². The molecule has 2 N–H and O–H groups in total. The van der Waals surface area contributed by atoms with Crippen LogP contribution in [-0.4, -0.2) is 16.1 Å². The van der Waals surface area contributed by atoms with Gasteiger partial charge < -0.3 is 10.4 Å². The van der Waals surface area contributed by atoms with E-state index in [4.69, 9.17) is 5.11 Å². The molecule has 4 nitrogen and oxygen atoms in total. The summed E-state index contributed by atoms with van der Waals surface area (Å²) < 4.78 is 13.6. The number of carboxylic acid groups (broad SMARTS) is 1. The maximum atomic E-state index is 13.6. The van der Waals surface area contributed by atoms with Gasteiger partial charge in [0, 0.05) is 18.1 Å². The second-order valence-corrected chi connectivity index (χ2v) is 3.33. The zero-order valence-corrected chi connectivity index (χ0v) is 8.72. The standard InChI is InChI=1S/C12H9FN2O2/c13-10-3-1-2-9(12(16)17)11(10)15-8-4-6-14-7-5-8/h1-7H,(H,14,15)(H,16,17). The molecule has 0 unspecified atom stereocenters. The Hall–Kier alpha value is -2.43. The van der Waals surface area contributed by atoms with Crippen molar-refractivity contribution in [1.82, 2.24) is 4.98 Å². The fourth-order valence-electron chi connectivity index (χ4n) is 1.41. The SMILES string of the molecule is O=C(O)c1cccc(F)c1Nc1ccncc1. The maximum absolute atomic E-state index is 13.6. The zero-order chi connectivity index (χ0) is 12.3. The quantitative estimate of drug-likeness (QED) is 0.853. The van der Waals surface area contributed by atoms with Crippen molar-refractivity contribution in [3.05, 3.63) is 54.1 Å². The second kappa shape index (κ2) is 4.61. The fraction of sp³-hybridized carbons (Fsp3) is 0. The summed E-state index contributed by atoms with van der Waals surface area (Å²) in [5, 5.41) is 11.7. The smallest absolute Gasteiger partial charge is 0.337 e. The maximum Gasteiger partial charge on any atom is 0.337 e. The van der Waals surface area contributed by atoms with E-state index in [1.807, 2.05) is 0 Å². The number of halogens is 1. The second-order valence-electron chi connectivity index (χ2n) is 3.33. The summed E-state index contributed by atoms with van der Waals surface area (Å²) in [6.45, 7) is 0. The third-order valence-electron chi connectivity index (χ3n) is 2.19. The highest BCUT2D eigenvalue weighted by molar-refractivity contribution is 5.95. The molecule has 1 aromatic heterocycles. The lowest BCUT2D eigenvalue weighted by molar-refractivity contribution is 0.0697. The number of aromatic nitrogens is 1. The topological polar surface area (TPSA) is 62.2 Å². The molecule has 86 valence electrons. The van der Waals surface area contributed by atoms with Crippen molar-refractivity contribution in [3.63, 3.8) is 0 Å². The molecule has 1 aromatic carbocycles. The summed E-state index contributed by atoms with van der Waals surface area (Å²) in [5.41, 5.74) is 0.417. The number of hydrogen-bond acceptors (Lipinski definition) is 3. The van der Waals surface area contributed by atoms with E-state index >= 15 is 0 Å². The molecular formula is C12H9FN2O2. The number of aromatic carboxylic acids is 1. The van der Waals surface area contributed by atoms with Crippen LogP contribution in [0.1, 0.15) is 10.4 Å². The molecule has 0 saturated heterocycles. The molecule has 0 atom stereocenters. The van der Waals surface area contributed by atoms with Crippen LogP contribution < -0.4 is 5.32 Å². The van der Waals surface area contributed by atoms with Crippen LogP contribution in [0.3, 0.4) is 0 Å². The number of carbonyl (C=O) groups is 1. The summed E-state index contributed by atoms with van der Waals surface area (Å²) in [5.74, 6) is -1.79. The molecule has 0 spiro atoms. The molecule has 0 bridgehead atoms. The zero-order valence-electron chi connectivity index (χ0n) is 8.72. The largest absolute Gasteiger partial charge is 0.478 e. The van der Waals surface area contributed by atoms with Crippen LogP contribution in [0.2, 0.25) is 0 Å². The van der Waals surface area contributed by atoms with E-state index in [2.05, 4.69) is 10.3 Å². The Morgan fingerprint density at radius 2 is 1.94 bits per heavy atom. The molecule has 0 radical (unpaired) electrons. The van der Waals surface area contributed by atoms with Gasteiger partial charge in [-0.1, -0.05) is 6.07 Å². The molecule has 0 aliphatic rings. The molecule has 0 aliphatic carbocycles. The lowest BCUT2D eigenvalue weighted by Gasteiger charge is -2.10. The van der Waals surface area contributed by atoms with Crippen molar-refractivity contribution >= 4 is 17.3 Å². The Morgan fingerprint density at radius 1 is 1.24 bits per heavy atom. The molecular weight excluding hydrogens is 223 g/mol. The Labute approximate surface area is 96.7 Å². The lowest BCUT2D eigenvalue weighted by atomic mass is 10.1. The molecule has 0 fully saturated rings. The van der Waals surface area contributed by atoms with E-state index in [9.17, 15) is 9.18 Å². The van der Waals surface area contributed by atoms with E-state index in [0.717, 1.165) is 0 Å². The summed E-state index contributed by atoms with van der Waals surface area (Å²) in [4.78, 5) is 14.8. The minimum atomic E-state index is -1.18. The van der Waals surface area contributed by atoms with E-state index < -0.39 is 11.8 Å². The van der Waals surface area contributed by atoms with Crippen molar-refractivity contribution in [2.24, 2.45) is 0 Å². The van der Waals surface area contributed by atoms with Crippen molar-refractivity contribution in [2.45, 2.75) is 0 Å². The first-order valence-electron chi connectivity index (χ1n) is 4.87. The van der Waals surface area contributed by atoms with Gasteiger partial charge in [0.05, 0.1) is 11.3 Å². The Morgan fingerprint density at radius 3 is 2.59 bits per heavy atom. The van der Waals surface area contributed by atoms with Crippen LogP contribution in [0.15, 0.2) is 42.7 Å². The van der Waals surface area contributed by atoms with E-state index in [-0.39, 0.29) is 11.3 Å². The third kappa shape index (κ3) is 2.39. The van der Waals surface area contributed by atoms with Gasteiger partial charge in [0.25, 0.3) is 0 Å². The van der Waals surface area contributed by atoms with Gasteiger partial charge in [-0.3, -0.25) is 4.98 Å². The molecule has 2 aromatic rings. The van der Waals surface area contributed by atoms with Crippen LogP contribution in [-0.2, 0) is 0 Å². The highest BCUT2D eigenvalue weighted by atomic mass is 19.1. The van der Waals surface area contributed by atoms with Gasteiger partial charge in [-0.05, 0) is 24.3 Å². The molecule has 0 amide bonds. The molecule has 0 saturated carbocycles. The number of anilines is 2. The number of benzene rings is 1. The van der Waals surface area contributed by atoms with Gasteiger partial charge in [-0.15, -0.1) is 0 Å². The van der Waals surface area contributed by atoms with Gasteiger partial charge in [0.2, 0.25) is 0 Å². The minimum absolute atomic E-state index is 0.0498. The molecule has 5 heteroatoms. The number of hydrogen-bond donors (Lipinski definition) is 2. The first-order valence-corrected chi connectivity index (χ1v) is 4.87.